The fourth-order valence-electron chi connectivity index (χ4n) is 6.45. The van der Waals surface area contributed by atoms with Crippen molar-refractivity contribution in [2.45, 2.75) is 121 Å². The number of nitrogens with one attached hydrogen (secondary N) is 1. The summed E-state index contributed by atoms with van der Waals surface area (Å²) >= 11 is 0. The topological polar surface area (TPSA) is 113 Å². The molecule has 2 saturated heterocycles. The lowest BCUT2D eigenvalue weighted by atomic mass is 9.82. The van der Waals surface area contributed by atoms with Gasteiger partial charge < -0.3 is 29.0 Å². The average Bonchev–Trinajstić information content (AvgIpc) is 3.14. The van der Waals surface area contributed by atoms with Crippen LogP contribution < -0.4 is 10.1 Å². The van der Waals surface area contributed by atoms with Crippen LogP contribution in [0.2, 0.25) is 0 Å². The van der Waals surface area contributed by atoms with Crippen molar-refractivity contribution in [3.63, 3.8) is 0 Å². The Hall–Kier alpha value is -2.92. The number of ether oxygens (including phenoxy) is 5. The second kappa shape index (κ2) is 13.0. The van der Waals surface area contributed by atoms with Crippen LogP contribution in [-0.2, 0) is 28.5 Å². The van der Waals surface area contributed by atoms with Crippen molar-refractivity contribution in [2.24, 2.45) is 0 Å². The quantitative estimate of drug-likeness (QED) is 0.438. The number of rotatable bonds is 7. The van der Waals surface area contributed by atoms with Crippen molar-refractivity contribution in [3.05, 3.63) is 29.6 Å². The molecule has 1 spiro atoms. The molecule has 0 radical (unpaired) electrons. The van der Waals surface area contributed by atoms with Crippen LogP contribution >= 0.6 is 0 Å². The molecule has 240 valence electrons. The van der Waals surface area contributed by atoms with E-state index in [1.165, 1.54) is 6.07 Å². The number of halogens is 1. The van der Waals surface area contributed by atoms with Gasteiger partial charge in [0.1, 0.15) is 29.4 Å². The summed E-state index contributed by atoms with van der Waals surface area (Å²) in [5, 5.41) is 3.10. The zero-order valence-electron chi connectivity index (χ0n) is 26.5. The van der Waals surface area contributed by atoms with Gasteiger partial charge in [-0.05, 0) is 98.6 Å². The average molecular weight is 607 g/mol. The molecule has 2 amide bonds. The molecule has 1 saturated carbocycles. The van der Waals surface area contributed by atoms with Gasteiger partial charge in [-0.15, -0.1) is 0 Å². The largest absolute Gasteiger partial charge is 0.482 e. The van der Waals surface area contributed by atoms with Gasteiger partial charge in [0.2, 0.25) is 5.91 Å². The van der Waals surface area contributed by atoms with Gasteiger partial charge in [0, 0.05) is 11.6 Å². The molecule has 3 atom stereocenters. The SMILES string of the molecule is C[C@@H]1CC2(COCC(=O)N2)C(COC2CCC(c3c(F)cccc3OCC(=O)OC(C)(C)C)CC2)N1C(=O)OC(C)(C)C. The maximum Gasteiger partial charge on any atom is 0.410 e. The summed E-state index contributed by atoms with van der Waals surface area (Å²) in [5.74, 6) is -0.854. The standard InChI is InChI=1S/C32H47FN2O8/c1-20-15-32(19-39-17-26(36)34-32)25(35(20)29(38)43-31(5,6)7)16-40-22-13-11-21(12-14-22)28-23(33)9-8-10-24(28)41-18-27(37)42-30(2,3)4/h8-10,20-22,25H,11-19H2,1-7H3,(H,34,36)/t20-,21?,22?,25?,32?/m1/s1. The summed E-state index contributed by atoms with van der Waals surface area (Å²) < 4.78 is 43.9. The molecule has 3 fully saturated rings. The monoisotopic (exact) mass is 606 g/mol. The van der Waals surface area contributed by atoms with E-state index < -0.39 is 34.8 Å². The minimum atomic E-state index is -0.767. The first-order valence-corrected chi connectivity index (χ1v) is 15.2. The third-order valence-electron chi connectivity index (χ3n) is 8.04. The molecular weight excluding hydrogens is 559 g/mol. The Labute approximate surface area is 253 Å². The van der Waals surface area contributed by atoms with Crippen LogP contribution in [0.3, 0.4) is 0 Å². The maximum atomic E-state index is 15.1. The molecule has 10 nitrogen and oxygen atoms in total. The zero-order chi connectivity index (χ0) is 31.6. The van der Waals surface area contributed by atoms with E-state index in [0.717, 1.165) is 0 Å². The van der Waals surface area contributed by atoms with Gasteiger partial charge in [-0.2, -0.15) is 0 Å². The Balaban J connectivity index is 1.41. The second-order valence-electron chi connectivity index (χ2n) is 14.0. The molecule has 1 N–H and O–H groups in total. The molecular formula is C32H47FN2O8. The highest BCUT2D eigenvalue weighted by molar-refractivity contribution is 5.79. The summed E-state index contributed by atoms with van der Waals surface area (Å²) in [6.45, 7) is 12.9. The number of carbonyl (C=O) groups is 3. The molecule has 0 bridgehead atoms. The van der Waals surface area contributed by atoms with Gasteiger partial charge >= 0.3 is 12.1 Å². The first kappa shape index (κ1) is 33.0. The van der Waals surface area contributed by atoms with Crippen molar-refractivity contribution < 1.29 is 42.5 Å². The molecule has 0 aromatic heterocycles. The number of nitrogens with zero attached hydrogens (tertiary/aromatic N) is 1. The molecule has 2 unspecified atom stereocenters. The lowest BCUT2D eigenvalue weighted by Crippen LogP contribution is -2.65. The minimum absolute atomic E-state index is 0.0142. The number of benzene rings is 1. The third-order valence-corrected chi connectivity index (χ3v) is 8.04. The van der Waals surface area contributed by atoms with Gasteiger partial charge in [0.25, 0.3) is 0 Å². The highest BCUT2D eigenvalue weighted by Gasteiger charge is 2.56. The van der Waals surface area contributed by atoms with E-state index in [4.69, 9.17) is 23.7 Å². The number of carbonyl (C=O) groups excluding carboxylic acids is 3. The van der Waals surface area contributed by atoms with Crippen molar-refractivity contribution >= 4 is 18.0 Å². The highest BCUT2D eigenvalue weighted by Crippen LogP contribution is 2.41. The van der Waals surface area contributed by atoms with Gasteiger partial charge in [0.15, 0.2) is 6.61 Å². The number of esters is 1. The summed E-state index contributed by atoms with van der Waals surface area (Å²) in [6, 6.07) is 3.99. The fourth-order valence-corrected chi connectivity index (χ4v) is 6.45. The van der Waals surface area contributed by atoms with Crippen LogP contribution in [0.5, 0.6) is 5.75 Å². The molecule has 1 aromatic carbocycles. The Bertz CT molecular complexity index is 1170. The predicted octanol–water partition coefficient (Wildman–Crippen LogP) is 4.87. The van der Waals surface area contributed by atoms with E-state index in [1.807, 2.05) is 27.7 Å². The van der Waals surface area contributed by atoms with Gasteiger partial charge in [0.05, 0.1) is 30.9 Å². The van der Waals surface area contributed by atoms with E-state index in [-0.39, 0.29) is 56.2 Å². The molecule has 1 aliphatic carbocycles. The van der Waals surface area contributed by atoms with E-state index in [2.05, 4.69) is 5.32 Å². The highest BCUT2D eigenvalue weighted by atomic mass is 19.1. The summed E-state index contributed by atoms with van der Waals surface area (Å²) in [4.78, 5) is 39.5. The molecule has 1 aromatic rings. The van der Waals surface area contributed by atoms with Crippen molar-refractivity contribution in [2.75, 3.05) is 26.4 Å². The lowest BCUT2D eigenvalue weighted by Gasteiger charge is -2.41. The van der Waals surface area contributed by atoms with Crippen LogP contribution in [0.4, 0.5) is 9.18 Å². The van der Waals surface area contributed by atoms with Crippen molar-refractivity contribution in [1.29, 1.82) is 0 Å². The van der Waals surface area contributed by atoms with Gasteiger partial charge in [-0.25, -0.2) is 14.0 Å². The number of hydrogen-bond donors (Lipinski definition) is 1. The molecule has 4 rings (SSSR count). The van der Waals surface area contributed by atoms with Crippen LogP contribution in [-0.4, -0.2) is 84.2 Å². The molecule has 3 aliphatic rings. The Morgan fingerprint density at radius 1 is 1.07 bits per heavy atom. The van der Waals surface area contributed by atoms with E-state index in [9.17, 15) is 14.4 Å². The number of amides is 2. The number of hydrogen-bond acceptors (Lipinski definition) is 8. The minimum Gasteiger partial charge on any atom is -0.482 e. The molecule has 43 heavy (non-hydrogen) atoms. The predicted molar refractivity (Wildman–Crippen MR) is 156 cm³/mol. The third kappa shape index (κ3) is 8.38. The van der Waals surface area contributed by atoms with Crippen LogP contribution in [0.15, 0.2) is 18.2 Å². The maximum absolute atomic E-state index is 15.1. The second-order valence-corrected chi connectivity index (χ2v) is 14.0. The van der Waals surface area contributed by atoms with Gasteiger partial charge in [-0.1, -0.05) is 6.07 Å². The molecule has 2 heterocycles. The fraction of sp³-hybridized carbons (Fsp3) is 0.719. The zero-order valence-corrected chi connectivity index (χ0v) is 26.5. The smallest absolute Gasteiger partial charge is 0.410 e. The first-order chi connectivity index (χ1) is 20.1. The molecule has 11 heteroatoms. The summed E-state index contributed by atoms with van der Waals surface area (Å²) in [7, 11) is 0. The summed E-state index contributed by atoms with van der Waals surface area (Å²) in [6.07, 6.45) is 2.64. The Morgan fingerprint density at radius 3 is 2.37 bits per heavy atom. The molecule has 2 aliphatic heterocycles. The van der Waals surface area contributed by atoms with Crippen molar-refractivity contribution in [1.82, 2.24) is 10.2 Å². The van der Waals surface area contributed by atoms with Crippen LogP contribution in [0, 0.1) is 5.82 Å². The Morgan fingerprint density at radius 2 is 1.74 bits per heavy atom. The van der Waals surface area contributed by atoms with Crippen LogP contribution in [0.25, 0.3) is 0 Å². The normalized spacial score (nSPS) is 28.0. The first-order valence-electron chi connectivity index (χ1n) is 15.2. The van der Waals surface area contributed by atoms with Gasteiger partial charge in [-0.3, -0.25) is 9.69 Å². The van der Waals surface area contributed by atoms with Crippen molar-refractivity contribution in [3.8, 4) is 5.75 Å². The van der Waals surface area contributed by atoms with E-state index in [0.29, 0.717) is 43.4 Å². The number of morpholine rings is 1. The van der Waals surface area contributed by atoms with E-state index >= 15 is 4.39 Å². The van der Waals surface area contributed by atoms with Crippen LogP contribution in [0.1, 0.15) is 92.1 Å². The summed E-state index contributed by atoms with van der Waals surface area (Å²) in [5.41, 5.74) is -1.62. The van der Waals surface area contributed by atoms with E-state index in [1.54, 1.807) is 37.8 Å². The lowest BCUT2D eigenvalue weighted by molar-refractivity contribution is -0.157. The number of likely N-dealkylation sites (tertiary alicyclic amines) is 1. The Kier molecular flexibility index (Phi) is 9.95.